The molecule has 12 heavy (non-hydrogen) atoms. The van der Waals surface area contributed by atoms with Gasteiger partial charge in [-0.2, -0.15) is 0 Å². The van der Waals surface area contributed by atoms with Crippen molar-refractivity contribution in [3.63, 3.8) is 0 Å². The van der Waals surface area contributed by atoms with Crippen LogP contribution in [-0.2, 0) is 4.74 Å². The van der Waals surface area contributed by atoms with Crippen molar-refractivity contribution >= 4 is 6.08 Å². The molecule has 0 spiro atoms. The molecule has 1 aromatic rings. The lowest BCUT2D eigenvalue weighted by molar-refractivity contribution is 0.370. The van der Waals surface area contributed by atoms with Crippen molar-refractivity contribution < 1.29 is 4.74 Å². The molecule has 0 bridgehead atoms. The van der Waals surface area contributed by atoms with Gasteiger partial charge in [0.25, 0.3) is 0 Å². The van der Waals surface area contributed by atoms with Crippen LogP contribution in [0.2, 0.25) is 0 Å². The van der Waals surface area contributed by atoms with Crippen LogP contribution in [-0.4, -0.2) is 12.2 Å². The van der Waals surface area contributed by atoms with Crippen LogP contribution in [0, 0.1) is 0 Å². The number of hydrogen-bond donors (Lipinski definition) is 0. The number of hydrogen-bond acceptors (Lipinski definition) is 1. The first-order valence-electron chi connectivity index (χ1n) is 4.17. The molecule has 2 rings (SSSR count). The molecule has 1 saturated heterocycles. The fourth-order valence-corrected chi connectivity index (χ4v) is 1.05. The summed E-state index contributed by atoms with van der Waals surface area (Å²) < 4.78 is 5.23. The van der Waals surface area contributed by atoms with E-state index in [4.69, 9.17) is 4.74 Å². The van der Waals surface area contributed by atoms with E-state index >= 15 is 0 Å². The molecule has 1 atom stereocenters. The maximum Gasteiger partial charge on any atom is 0.107 e. The molecule has 0 amide bonds. The standard InChI is InChI=1S/C11H12O/c1-11(9-12-11)8-7-10-5-3-2-4-6-10/h2-8H,9H2,1H3. The first-order chi connectivity index (χ1) is 5.79. The Morgan fingerprint density at radius 2 is 2.00 bits per heavy atom. The van der Waals surface area contributed by atoms with Crippen molar-refractivity contribution in [3.8, 4) is 0 Å². The molecule has 1 unspecified atom stereocenters. The summed E-state index contributed by atoms with van der Waals surface area (Å²) in [7, 11) is 0. The molecule has 0 aromatic heterocycles. The fourth-order valence-electron chi connectivity index (χ4n) is 1.05. The van der Waals surface area contributed by atoms with Gasteiger partial charge >= 0.3 is 0 Å². The van der Waals surface area contributed by atoms with E-state index in [0.29, 0.717) is 0 Å². The first-order valence-corrected chi connectivity index (χ1v) is 4.17. The third-order valence-corrected chi connectivity index (χ3v) is 2.03. The maximum atomic E-state index is 5.23. The lowest BCUT2D eigenvalue weighted by Gasteiger charge is -1.94. The summed E-state index contributed by atoms with van der Waals surface area (Å²) in [5.74, 6) is 0. The molecule has 1 nitrogen and oxygen atoms in total. The van der Waals surface area contributed by atoms with Gasteiger partial charge in [0.2, 0.25) is 0 Å². The fraction of sp³-hybridized carbons (Fsp3) is 0.273. The summed E-state index contributed by atoms with van der Waals surface area (Å²) in [5.41, 5.74) is 1.25. The van der Waals surface area contributed by atoms with Gasteiger partial charge in [0.1, 0.15) is 5.60 Å². The third-order valence-electron chi connectivity index (χ3n) is 2.03. The molecule has 0 aliphatic carbocycles. The Balaban J connectivity index is 2.08. The molecule has 1 fully saturated rings. The zero-order chi connectivity index (χ0) is 8.44. The van der Waals surface area contributed by atoms with Crippen LogP contribution in [0.3, 0.4) is 0 Å². The average molecular weight is 160 g/mol. The Kier molecular flexibility index (Phi) is 1.74. The molecule has 1 aliphatic rings. The van der Waals surface area contributed by atoms with Crippen molar-refractivity contribution in [2.75, 3.05) is 6.61 Å². The summed E-state index contributed by atoms with van der Waals surface area (Å²) in [6.45, 7) is 2.95. The van der Waals surface area contributed by atoms with Gasteiger partial charge in [0, 0.05) is 0 Å². The molecule has 1 heteroatoms. The van der Waals surface area contributed by atoms with Crippen LogP contribution in [0.5, 0.6) is 0 Å². The summed E-state index contributed by atoms with van der Waals surface area (Å²) in [5, 5.41) is 0. The monoisotopic (exact) mass is 160 g/mol. The van der Waals surface area contributed by atoms with Crippen molar-refractivity contribution in [1.82, 2.24) is 0 Å². The molecule has 1 heterocycles. The van der Waals surface area contributed by atoms with Crippen molar-refractivity contribution in [1.29, 1.82) is 0 Å². The number of rotatable bonds is 2. The molecular weight excluding hydrogens is 148 g/mol. The minimum absolute atomic E-state index is 0.0237. The quantitative estimate of drug-likeness (QED) is 0.605. The minimum atomic E-state index is 0.0237. The Labute approximate surface area is 72.7 Å². The Hall–Kier alpha value is -1.08. The van der Waals surface area contributed by atoms with Gasteiger partial charge in [0.15, 0.2) is 0 Å². The minimum Gasteiger partial charge on any atom is -0.365 e. The Morgan fingerprint density at radius 3 is 2.58 bits per heavy atom. The highest BCUT2D eigenvalue weighted by molar-refractivity contribution is 5.50. The van der Waals surface area contributed by atoms with Gasteiger partial charge in [-0.3, -0.25) is 0 Å². The number of benzene rings is 1. The van der Waals surface area contributed by atoms with E-state index in [9.17, 15) is 0 Å². The van der Waals surface area contributed by atoms with E-state index in [1.807, 2.05) is 18.2 Å². The largest absolute Gasteiger partial charge is 0.365 e. The van der Waals surface area contributed by atoms with Crippen molar-refractivity contribution in [2.45, 2.75) is 12.5 Å². The molecule has 1 aromatic carbocycles. The van der Waals surface area contributed by atoms with Gasteiger partial charge in [0.05, 0.1) is 6.61 Å². The van der Waals surface area contributed by atoms with Gasteiger partial charge in [-0.15, -0.1) is 0 Å². The van der Waals surface area contributed by atoms with Crippen LogP contribution >= 0.6 is 0 Å². The van der Waals surface area contributed by atoms with Crippen LogP contribution < -0.4 is 0 Å². The molecular formula is C11H12O. The normalized spacial score (nSPS) is 27.8. The molecule has 0 saturated carbocycles. The third kappa shape index (κ3) is 1.74. The van der Waals surface area contributed by atoms with E-state index in [2.05, 4.69) is 31.2 Å². The highest BCUT2D eigenvalue weighted by Crippen LogP contribution is 2.27. The predicted molar refractivity (Wildman–Crippen MR) is 49.8 cm³/mol. The number of epoxide rings is 1. The predicted octanol–water partition coefficient (Wildman–Crippen LogP) is 2.49. The average Bonchev–Trinajstić information content (AvgIpc) is 2.84. The van der Waals surface area contributed by atoms with E-state index in [1.165, 1.54) is 5.56 Å². The summed E-state index contributed by atoms with van der Waals surface area (Å²) in [6.07, 6.45) is 4.22. The van der Waals surface area contributed by atoms with Gasteiger partial charge in [-0.1, -0.05) is 42.5 Å². The first kappa shape index (κ1) is 7.56. The van der Waals surface area contributed by atoms with E-state index < -0.39 is 0 Å². The zero-order valence-corrected chi connectivity index (χ0v) is 7.16. The van der Waals surface area contributed by atoms with Crippen LogP contribution in [0.1, 0.15) is 12.5 Å². The van der Waals surface area contributed by atoms with Gasteiger partial charge in [-0.05, 0) is 12.5 Å². The molecule has 0 N–H and O–H groups in total. The van der Waals surface area contributed by atoms with Crippen LogP contribution in [0.4, 0.5) is 0 Å². The molecule has 62 valence electrons. The van der Waals surface area contributed by atoms with Crippen molar-refractivity contribution in [3.05, 3.63) is 42.0 Å². The SMILES string of the molecule is CC1(C=Cc2ccccc2)CO1. The Morgan fingerprint density at radius 1 is 1.33 bits per heavy atom. The van der Waals surface area contributed by atoms with Crippen LogP contribution in [0.25, 0.3) is 6.08 Å². The maximum absolute atomic E-state index is 5.23. The molecule has 0 radical (unpaired) electrons. The second kappa shape index (κ2) is 2.76. The highest BCUT2D eigenvalue weighted by atomic mass is 16.6. The zero-order valence-electron chi connectivity index (χ0n) is 7.16. The van der Waals surface area contributed by atoms with Crippen molar-refractivity contribution in [2.24, 2.45) is 0 Å². The van der Waals surface area contributed by atoms with Gasteiger partial charge in [-0.25, -0.2) is 0 Å². The second-order valence-corrected chi connectivity index (χ2v) is 3.35. The topological polar surface area (TPSA) is 12.5 Å². The summed E-state index contributed by atoms with van der Waals surface area (Å²) in [6, 6.07) is 10.3. The van der Waals surface area contributed by atoms with E-state index in [0.717, 1.165) is 6.61 Å². The molecule has 1 aliphatic heterocycles. The van der Waals surface area contributed by atoms with Crippen LogP contribution in [0.15, 0.2) is 36.4 Å². The van der Waals surface area contributed by atoms with Gasteiger partial charge < -0.3 is 4.74 Å². The second-order valence-electron chi connectivity index (χ2n) is 3.35. The summed E-state index contributed by atoms with van der Waals surface area (Å²) >= 11 is 0. The lowest BCUT2D eigenvalue weighted by atomic mass is 10.1. The van der Waals surface area contributed by atoms with E-state index in [-0.39, 0.29) is 5.60 Å². The summed E-state index contributed by atoms with van der Waals surface area (Å²) in [4.78, 5) is 0. The number of ether oxygens (including phenoxy) is 1. The van der Waals surface area contributed by atoms with E-state index in [1.54, 1.807) is 0 Å². The smallest absolute Gasteiger partial charge is 0.107 e. The lowest BCUT2D eigenvalue weighted by Crippen LogP contribution is -1.96. The Bertz CT molecular complexity index is 283. The highest BCUT2D eigenvalue weighted by Gasteiger charge is 2.35.